The van der Waals surface area contributed by atoms with Crippen molar-refractivity contribution in [3.05, 3.63) is 42.1 Å². The largest absolute Gasteiger partial charge is 0.271 e. The molecule has 0 spiro atoms. The summed E-state index contributed by atoms with van der Waals surface area (Å²) in [4.78, 5) is 2.37. The van der Waals surface area contributed by atoms with Crippen LogP contribution in [0, 0.1) is 0 Å². The van der Waals surface area contributed by atoms with Gasteiger partial charge in [-0.2, -0.15) is 0 Å². The average Bonchev–Trinajstić information content (AvgIpc) is 2.84. The van der Waals surface area contributed by atoms with Gasteiger partial charge in [-0.05, 0) is 39.5 Å². The number of hydrogen-bond acceptors (Lipinski definition) is 4. The van der Waals surface area contributed by atoms with Gasteiger partial charge in [0, 0.05) is 16.2 Å². The SMILES string of the molecule is NNC(Cc1ccc(Br)s1)c1sccc1Cl. The minimum absolute atomic E-state index is 0.0815. The molecule has 0 amide bonds. The lowest BCUT2D eigenvalue weighted by atomic mass is 10.1. The molecule has 0 saturated heterocycles. The van der Waals surface area contributed by atoms with Crippen molar-refractivity contribution in [2.75, 3.05) is 0 Å². The summed E-state index contributed by atoms with van der Waals surface area (Å²) in [5.74, 6) is 5.58. The Balaban J connectivity index is 2.15. The van der Waals surface area contributed by atoms with E-state index in [9.17, 15) is 0 Å². The molecule has 0 bridgehead atoms. The van der Waals surface area contributed by atoms with Crippen molar-refractivity contribution in [2.45, 2.75) is 12.5 Å². The lowest BCUT2D eigenvalue weighted by molar-refractivity contribution is 0.564. The van der Waals surface area contributed by atoms with E-state index in [0.29, 0.717) is 0 Å². The molecule has 0 aliphatic rings. The van der Waals surface area contributed by atoms with Gasteiger partial charge in [-0.25, -0.2) is 0 Å². The first-order valence-electron chi connectivity index (χ1n) is 4.64. The summed E-state index contributed by atoms with van der Waals surface area (Å²) in [6.07, 6.45) is 0.854. The fraction of sp³-hybridized carbons (Fsp3) is 0.200. The first kappa shape index (κ1) is 12.5. The Morgan fingerprint density at radius 2 is 2.25 bits per heavy atom. The molecule has 2 nitrogen and oxygen atoms in total. The molecule has 0 saturated carbocycles. The van der Waals surface area contributed by atoms with Crippen LogP contribution in [0.25, 0.3) is 0 Å². The van der Waals surface area contributed by atoms with Crippen molar-refractivity contribution in [3.63, 3.8) is 0 Å². The van der Waals surface area contributed by atoms with Crippen LogP contribution in [0.15, 0.2) is 27.4 Å². The Hall–Kier alpha value is 0.0900. The Bertz CT molecular complexity index is 469. The highest BCUT2D eigenvalue weighted by molar-refractivity contribution is 9.11. The highest BCUT2D eigenvalue weighted by Crippen LogP contribution is 2.32. The summed E-state index contributed by atoms with van der Waals surface area (Å²) in [6.45, 7) is 0. The molecule has 0 aliphatic heterocycles. The van der Waals surface area contributed by atoms with E-state index >= 15 is 0 Å². The molecule has 2 rings (SSSR count). The van der Waals surface area contributed by atoms with Gasteiger partial charge in [-0.15, -0.1) is 22.7 Å². The Kier molecular flexibility index (Phi) is 4.41. The van der Waals surface area contributed by atoms with E-state index in [0.717, 1.165) is 20.1 Å². The first-order chi connectivity index (χ1) is 7.70. The van der Waals surface area contributed by atoms with Crippen LogP contribution in [0.4, 0.5) is 0 Å². The number of rotatable bonds is 4. The Morgan fingerprint density at radius 3 is 2.75 bits per heavy atom. The maximum atomic E-state index is 6.09. The number of halogens is 2. The molecular weight excluding hydrogens is 328 g/mol. The van der Waals surface area contributed by atoms with Gasteiger partial charge in [-0.3, -0.25) is 11.3 Å². The van der Waals surface area contributed by atoms with E-state index in [4.69, 9.17) is 17.4 Å². The van der Waals surface area contributed by atoms with Crippen molar-refractivity contribution >= 4 is 50.2 Å². The van der Waals surface area contributed by atoms with Crippen LogP contribution in [0.2, 0.25) is 5.02 Å². The summed E-state index contributed by atoms with van der Waals surface area (Å²) in [7, 11) is 0. The fourth-order valence-corrected chi connectivity index (χ4v) is 4.22. The second-order valence-electron chi connectivity index (χ2n) is 3.26. The third kappa shape index (κ3) is 2.85. The zero-order chi connectivity index (χ0) is 11.5. The minimum Gasteiger partial charge on any atom is -0.271 e. The molecular formula is C10H10BrClN2S2. The summed E-state index contributed by atoms with van der Waals surface area (Å²) < 4.78 is 1.13. The highest BCUT2D eigenvalue weighted by atomic mass is 79.9. The number of hydrazine groups is 1. The van der Waals surface area contributed by atoms with Gasteiger partial charge in [0.2, 0.25) is 0 Å². The van der Waals surface area contributed by atoms with Crippen molar-refractivity contribution in [3.8, 4) is 0 Å². The third-order valence-corrected chi connectivity index (χ3v) is 5.31. The predicted molar refractivity (Wildman–Crippen MR) is 75.1 cm³/mol. The third-order valence-electron chi connectivity index (χ3n) is 2.20. The van der Waals surface area contributed by atoms with Crippen LogP contribution in [-0.4, -0.2) is 0 Å². The summed E-state index contributed by atoms with van der Waals surface area (Å²) >= 11 is 12.9. The fourth-order valence-electron chi connectivity index (χ4n) is 1.44. The molecule has 16 heavy (non-hydrogen) atoms. The molecule has 86 valence electrons. The average molecular weight is 338 g/mol. The molecule has 0 fully saturated rings. The summed E-state index contributed by atoms with van der Waals surface area (Å²) in [5, 5.41) is 2.76. The van der Waals surface area contributed by atoms with Crippen molar-refractivity contribution in [1.82, 2.24) is 5.43 Å². The monoisotopic (exact) mass is 336 g/mol. The highest BCUT2D eigenvalue weighted by Gasteiger charge is 2.16. The number of thiophene rings is 2. The Labute approximate surface area is 116 Å². The number of hydrogen-bond donors (Lipinski definition) is 2. The van der Waals surface area contributed by atoms with Gasteiger partial charge in [0.05, 0.1) is 14.9 Å². The van der Waals surface area contributed by atoms with Crippen LogP contribution in [0.3, 0.4) is 0 Å². The molecule has 0 aromatic carbocycles. The van der Waals surface area contributed by atoms with E-state index in [2.05, 4.69) is 27.4 Å². The van der Waals surface area contributed by atoms with Gasteiger partial charge in [0.25, 0.3) is 0 Å². The number of nitrogens with one attached hydrogen (secondary N) is 1. The Morgan fingerprint density at radius 1 is 1.44 bits per heavy atom. The van der Waals surface area contributed by atoms with Crippen molar-refractivity contribution < 1.29 is 0 Å². The van der Waals surface area contributed by atoms with E-state index in [-0.39, 0.29) is 6.04 Å². The molecule has 0 aliphatic carbocycles. The molecule has 6 heteroatoms. The summed E-state index contributed by atoms with van der Waals surface area (Å²) in [6, 6.07) is 6.12. The van der Waals surface area contributed by atoms with Crippen LogP contribution < -0.4 is 11.3 Å². The van der Waals surface area contributed by atoms with Gasteiger partial charge in [-0.1, -0.05) is 11.6 Å². The van der Waals surface area contributed by atoms with Crippen LogP contribution >= 0.6 is 50.2 Å². The lowest BCUT2D eigenvalue weighted by Gasteiger charge is -2.13. The van der Waals surface area contributed by atoms with E-state index in [1.165, 1.54) is 4.88 Å². The second kappa shape index (κ2) is 5.62. The quantitative estimate of drug-likeness (QED) is 0.654. The molecule has 2 aromatic rings. The zero-order valence-corrected chi connectivity index (χ0v) is 12.2. The number of nitrogens with two attached hydrogens (primary N) is 1. The van der Waals surface area contributed by atoms with Crippen molar-refractivity contribution in [1.29, 1.82) is 0 Å². The van der Waals surface area contributed by atoms with Crippen molar-refractivity contribution in [2.24, 2.45) is 5.84 Å². The molecule has 2 aromatic heterocycles. The van der Waals surface area contributed by atoms with E-state index < -0.39 is 0 Å². The van der Waals surface area contributed by atoms with E-state index in [1.807, 2.05) is 17.5 Å². The van der Waals surface area contributed by atoms with E-state index in [1.54, 1.807) is 22.7 Å². The molecule has 1 atom stereocenters. The first-order valence-corrected chi connectivity index (χ1v) is 7.50. The zero-order valence-electron chi connectivity index (χ0n) is 8.24. The van der Waals surface area contributed by atoms with Gasteiger partial charge >= 0.3 is 0 Å². The van der Waals surface area contributed by atoms with Crippen LogP contribution in [-0.2, 0) is 6.42 Å². The van der Waals surface area contributed by atoms with Gasteiger partial charge < -0.3 is 0 Å². The molecule has 3 N–H and O–H groups in total. The smallest absolute Gasteiger partial charge is 0.0701 e. The molecule has 1 unspecified atom stereocenters. The minimum atomic E-state index is 0.0815. The van der Waals surface area contributed by atoms with Crippen LogP contribution in [0.5, 0.6) is 0 Å². The predicted octanol–water partition coefficient (Wildman–Crippen LogP) is 3.97. The normalized spacial score (nSPS) is 12.9. The molecule has 2 heterocycles. The lowest BCUT2D eigenvalue weighted by Crippen LogP contribution is -2.28. The van der Waals surface area contributed by atoms with Gasteiger partial charge in [0.15, 0.2) is 0 Å². The molecule has 0 radical (unpaired) electrons. The summed E-state index contributed by atoms with van der Waals surface area (Å²) in [5.41, 5.74) is 2.82. The maximum Gasteiger partial charge on any atom is 0.0701 e. The standard InChI is InChI=1S/C10H10BrClN2S2/c11-9-2-1-6(16-9)5-8(14-13)10-7(12)3-4-15-10/h1-4,8,14H,5,13H2. The van der Waals surface area contributed by atoms with Crippen LogP contribution in [0.1, 0.15) is 15.8 Å². The van der Waals surface area contributed by atoms with Gasteiger partial charge in [0.1, 0.15) is 0 Å². The maximum absolute atomic E-state index is 6.09. The topological polar surface area (TPSA) is 38.0 Å². The second-order valence-corrected chi connectivity index (χ2v) is 7.16.